The zero-order valence-corrected chi connectivity index (χ0v) is 11.9. The molecule has 1 aromatic carbocycles. The normalized spacial score (nSPS) is 13.7. The zero-order chi connectivity index (χ0) is 15.8. The molecule has 21 heavy (non-hydrogen) atoms. The largest absolute Gasteiger partial charge is 0.466 e. The second-order valence-corrected chi connectivity index (χ2v) is 4.47. The first kappa shape index (κ1) is 16.9. The van der Waals surface area contributed by atoms with E-state index in [1.54, 1.807) is 30.3 Å². The van der Waals surface area contributed by atoms with E-state index in [0.717, 1.165) is 5.56 Å². The van der Waals surface area contributed by atoms with Crippen LogP contribution in [0.2, 0.25) is 0 Å². The molecule has 1 aromatic rings. The molecule has 0 fully saturated rings. The summed E-state index contributed by atoms with van der Waals surface area (Å²) in [5.74, 6) is -0.727. The number of aliphatic hydroxyl groups excluding tert-OH is 2. The maximum Gasteiger partial charge on any atom is 0.330 e. The summed E-state index contributed by atoms with van der Waals surface area (Å²) < 4.78 is 4.48. The van der Waals surface area contributed by atoms with E-state index >= 15 is 0 Å². The fraction of sp³-hybridized carbons (Fsp3) is 0.333. The Bertz CT molecular complexity index is 509. The first-order valence-electron chi connectivity index (χ1n) is 6.40. The number of hydrogen-bond acceptors (Lipinski definition) is 5. The zero-order valence-electron chi connectivity index (χ0n) is 11.9. The molecule has 1 amide bonds. The van der Waals surface area contributed by atoms with E-state index in [2.05, 4.69) is 10.1 Å². The van der Waals surface area contributed by atoms with E-state index in [1.165, 1.54) is 20.1 Å². The van der Waals surface area contributed by atoms with Crippen molar-refractivity contribution in [2.45, 2.75) is 19.1 Å². The number of ether oxygens (including phenoxy) is 1. The second kappa shape index (κ2) is 8.18. The first-order chi connectivity index (χ1) is 9.93. The van der Waals surface area contributed by atoms with Crippen molar-refractivity contribution < 1.29 is 24.5 Å². The average molecular weight is 293 g/mol. The monoisotopic (exact) mass is 293 g/mol. The van der Waals surface area contributed by atoms with Crippen LogP contribution in [-0.4, -0.2) is 41.8 Å². The third-order valence-electron chi connectivity index (χ3n) is 2.82. The SMILES string of the molecule is COC(=O)/C=C/c1ccc(C(O)C(O)CNC(C)=O)cc1. The van der Waals surface area contributed by atoms with E-state index in [-0.39, 0.29) is 12.5 Å². The van der Waals surface area contributed by atoms with E-state index in [1.807, 2.05) is 0 Å². The maximum absolute atomic E-state index is 11.0. The molecule has 6 heteroatoms. The summed E-state index contributed by atoms with van der Waals surface area (Å²) in [7, 11) is 1.29. The van der Waals surface area contributed by atoms with Crippen LogP contribution >= 0.6 is 0 Å². The minimum absolute atomic E-state index is 0.0273. The summed E-state index contributed by atoms with van der Waals surface area (Å²) in [5, 5.41) is 22.1. The van der Waals surface area contributed by atoms with Crippen LogP contribution in [0.4, 0.5) is 0 Å². The molecule has 0 bridgehead atoms. The lowest BCUT2D eigenvalue weighted by Crippen LogP contribution is -2.34. The van der Waals surface area contributed by atoms with Gasteiger partial charge in [-0.05, 0) is 17.2 Å². The Morgan fingerprint density at radius 2 is 1.90 bits per heavy atom. The van der Waals surface area contributed by atoms with Crippen LogP contribution in [0.5, 0.6) is 0 Å². The van der Waals surface area contributed by atoms with Crippen LogP contribution in [-0.2, 0) is 14.3 Å². The number of methoxy groups -OCH3 is 1. The number of esters is 1. The van der Waals surface area contributed by atoms with Gasteiger partial charge in [-0.15, -0.1) is 0 Å². The lowest BCUT2D eigenvalue weighted by atomic mass is 10.0. The van der Waals surface area contributed by atoms with Gasteiger partial charge < -0.3 is 20.3 Å². The minimum Gasteiger partial charge on any atom is -0.466 e. The van der Waals surface area contributed by atoms with Crippen LogP contribution in [0.1, 0.15) is 24.2 Å². The molecular weight excluding hydrogens is 274 g/mol. The number of aliphatic hydroxyl groups is 2. The Morgan fingerprint density at radius 3 is 2.43 bits per heavy atom. The Balaban J connectivity index is 2.66. The molecule has 6 nitrogen and oxygen atoms in total. The summed E-state index contributed by atoms with van der Waals surface area (Å²) in [6, 6.07) is 6.67. The van der Waals surface area contributed by atoms with E-state index < -0.39 is 18.2 Å². The molecule has 2 atom stereocenters. The highest BCUT2D eigenvalue weighted by Gasteiger charge is 2.18. The number of amides is 1. The van der Waals surface area contributed by atoms with Crippen molar-refractivity contribution >= 4 is 18.0 Å². The molecule has 0 saturated carbocycles. The number of hydrogen-bond donors (Lipinski definition) is 3. The van der Waals surface area contributed by atoms with Gasteiger partial charge in [-0.25, -0.2) is 4.79 Å². The lowest BCUT2D eigenvalue weighted by molar-refractivity contribution is -0.134. The van der Waals surface area contributed by atoms with Crippen molar-refractivity contribution in [3.05, 3.63) is 41.5 Å². The van der Waals surface area contributed by atoms with E-state index in [0.29, 0.717) is 5.56 Å². The van der Waals surface area contributed by atoms with Gasteiger partial charge in [0.15, 0.2) is 0 Å². The van der Waals surface area contributed by atoms with Crippen LogP contribution < -0.4 is 5.32 Å². The predicted octanol–water partition coefficient (Wildman–Crippen LogP) is 0.403. The molecular formula is C15H19NO5. The molecule has 0 heterocycles. The van der Waals surface area contributed by atoms with Gasteiger partial charge in [-0.1, -0.05) is 24.3 Å². The van der Waals surface area contributed by atoms with Crippen LogP contribution in [0.25, 0.3) is 6.08 Å². The predicted molar refractivity (Wildman–Crippen MR) is 77.1 cm³/mol. The fourth-order valence-corrected chi connectivity index (χ4v) is 1.62. The van der Waals surface area contributed by atoms with E-state index in [9.17, 15) is 19.8 Å². The maximum atomic E-state index is 11.0. The molecule has 2 unspecified atom stereocenters. The third kappa shape index (κ3) is 5.76. The number of carbonyl (C=O) groups excluding carboxylic acids is 2. The summed E-state index contributed by atoms with van der Waals surface area (Å²) in [5.41, 5.74) is 1.27. The molecule has 0 radical (unpaired) electrons. The Hall–Kier alpha value is -2.18. The third-order valence-corrected chi connectivity index (χ3v) is 2.82. The molecule has 0 saturated heterocycles. The van der Waals surface area contributed by atoms with Gasteiger partial charge in [0.2, 0.25) is 5.91 Å². The van der Waals surface area contributed by atoms with Crippen molar-refractivity contribution in [2.24, 2.45) is 0 Å². The topological polar surface area (TPSA) is 95.9 Å². The van der Waals surface area contributed by atoms with Crippen molar-refractivity contribution in [1.82, 2.24) is 5.32 Å². The number of carbonyl (C=O) groups is 2. The van der Waals surface area contributed by atoms with Crippen LogP contribution in [0.3, 0.4) is 0 Å². The Kier molecular flexibility index (Phi) is 6.58. The summed E-state index contributed by atoms with van der Waals surface area (Å²) in [6.45, 7) is 1.31. The lowest BCUT2D eigenvalue weighted by Gasteiger charge is -2.18. The van der Waals surface area contributed by atoms with Gasteiger partial charge in [0.25, 0.3) is 0 Å². The van der Waals surface area contributed by atoms with Gasteiger partial charge in [0.1, 0.15) is 12.2 Å². The van der Waals surface area contributed by atoms with E-state index in [4.69, 9.17) is 0 Å². The highest BCUT2D eigenvalue weighted by Crippen LogP contribution is 2.17. The molecule has 3 N–H and O–H groups in total. The summed E-state index contributed by atoms with van der Waals surface area (Å²) in [6.07, 6.45) is 0.674. The first-order valence-corrected chi connectivity index (χ1v) is 6.40. The Labute approximate surface area is 123 Å². The van der Waals surface area contributed by atoms with Crippen molar-refractivity contribution in [2.75, 3.05) is 13.7 Å². The van der Waals surface area contributed by atoms with Gasteiger partial charge in [0.05, 0.1) is 7.11 Å². The fourth-order valence-electron chi connectivity index (χ4n) is 1.62. The van der Waals surface area contributed by atoms with Crippen molar-refractivity contribution in [3.8, 4) is 0 Å². The average Bonchev–Trinajstić information content (AvgIpc) is 2.49. The standard InChI is InChI=1S/C15H19NO5/c1-10(17)16-9-13(18)15(20)12-6-3-11(4-7-12)5-8-14(19)21-2/h3-8,13,15,18,20H,9H2,1-2H3,(H,16,17)/b8-5+. The second-order valence-electron chi connectivity index (χ2n) is 4.47. The molecule has 0 aliphatic heterocycles. The van der Waals surface area contributed by atoms with Gasteiger partial charge >= 0.3 is 5.97 Å². The van der Waals surface area contributed by atoms with Crippen LogP contribution in [0, 0.1) is 0 Å². The highest BCUT2D eigenvalue weighted by molar-refractivity contribution is 5.86. The number of benzene rings is 1. The number of rotatable bonds is 6. The van der Waals surface area contributed by atoms with Gasteiger partial charge in [-0.2, -0.15) is 0 Å². The molecule has 114 valence electrons. The van der Waals surface area contributed by atoms with Gasteiger partial charge in [-0.3, -0.25) is 4.79 Å². The smallest absolute Gasteiger partial charge is 0.330 e. The Morgan fingerprint density at radius 1 is 1.29 bits per heavy atom. The molecule has 1 rings (SSSR count). The minimum atomic E-state index is -1.10. The summed E-state index contributed by atoms with van der Waals surface area (Å²) >= 11 is 0. The quantitative estimate of drug-likeness (QED) is 0.521. The molecule has 0 spiro atoms. The van der Waals surface area contributed by atoms with Gasteiger partial charge in [0, 0.05) is 19.5 Å². The van der Waals surface area contributed by atoms with Crippen molar-refractivity contribution in [3.63, 3.8) is 0 Å². The number of nitrogens with one attached hydrogen (secondary N) is 1. The molecule has 0 aliphatic carbocycles. The molecule has 0 aliphatic rings. The van der Waals surface area contributed by atoms with Crippen molar-refractivity contribution in [1.29, 1.82) is 0 Å². The van der Waals surface area contributed by atoms with Crippen LogP contribution in [0.15, 0.2) is 30.3 Å². The summed E-state index contributed by atoms with van der Waals surface area (Å²) in [4.78, 5) is 21.7. The highest BCUT2D eigenvalue weighted by atomic mass is 16.5. The molecule has 0 aromatic heterocycles.